The third-order valence-electron chi connectivity index (χ3n) is 6.08. The first-order valence-electron chi connectivity index (χ1n) is 12.1. The molecule has 1 aliphatic rings. The van der Waals surface area contributed by atoms with Crippen LogP contribution < -0.4 is 4.74 Å². The molecule has 5 atom stereocenters. The molecule has 1 fully saturated rings. The van der Waals surface area contributed by atoms with Gasteiger partial charge in [-0.3, -0.25) is 19.2 Å². The van der Waals surface area contributed by atoms with Gasteiger partial charge in [0.05, 0.1) is 6.10 Å². The number of hydrogen-bond donors (Lipinski definition) is 0. The van der Waals surface area contributed by atoms with Gasteiger partial charge in [0.2, 0.25) is 0 Å². The first-order valence-corrected chi connectivity index (χ1v) is 12.5. The molecule has 0 amide bonds. The van der Waals surface area contributed by atoms with Crippen molar-refractivity contribution >= 4 is 35.5 Å². The lowest BCUT2D eigenvalue weighted by molar-refractivity contribution is -0.232. The molecular weight excluding hydrogens is 516 g/mol. The van der Waals surface area contributed by atoms with Crippen molar-refractivity contribution in [2.24, 2.45) is 5.92 Å². The van der Waals surface area contributed by atoms with Crippen LogP contribution in [0.1, 0.15) is 57.4 Å². The summed E-state index contributed by atoms with van der Waals surface area (Å²) in [6.07, 6.45) is -2.80. The molecule has 0 N–H and O–H groups in total. The maximum Gasteiger partial charge on any atom is 0.308 e. The Morgan fingerprint density at radius 2 is 1.47 bits per heavy atom. The largest absolute Gasteiger partial charge is 0.463 e. The Balaban J connectivity index is 1.96. The van der Waals surface area contributed by atoms with Crippen molar-refractivity contribution in [3.63, 3.8) is 0 Å². The highest BCUT2D eigenvalue weighted by molar-refractivity contribution is 6.31. The molecule has 0 aliphatic carbocycles. The van der Waals surface area contributed by atoms with Crippen molar-refractivity contribution in [2.45, 2.75) is 65.5 Å². The first-order chi connectivity index (χ1) is 17.9. The van der Waals surface area contributed by atoms with Gasteiger partial charge in [0.1, 0.15) is 24.6 Å². The van der Waals surface area contributed by atoms with E-state index in [4.69, 9.17) is 35.3 Å². The molecule has 10 heteroatoms. The van der Waals surface area contributed by atoms with E-state index in [1.165, 1.54) is 27.7 Å². The molecule has 0 bridgehead atoms. The molecule has 1 aliphatic heterocycles. The van der Waals surface area contributed by atoms with E-state index in [1.54, 1.807) is 31.2 Å². The summed E-state index contributed by atoms with van der Waals surface area (Å²) in [4.78, 5) is 46.6. The fraction of sp³-hybridized carbons (Fsp3) is 0.429. The quantitative estimate of drug-likeness (QED) is 0.270. The first kappa shape index (κ1) is 29.1. The van der Waals surface area contributed by atoms with Gasteiger partial charge in [-0.05, 0) is 41.3 Å². The van der Waals surface area contributed by atoms with Crippen LogP contribution in [-0.4, -0.2) is 48.8 Å². The van der Waals surface area contributed by atoms with Crippen LogP contribution in [0.2, 0.25) is 5.02 Å². The summed E-state index contributed by atoms with van der Waals surface area (Å²) < 4.78 is 27.8. The Labute approximate surface area is 226 Å². The number of hydrogen-bond acceptors (Lipinski definition) is 9. The van der Waals surface area contributed by atoms with E-state index in [0.717, 1.165) is 11.1 Å². The van der Waals surface area contributed by atoms with Crippen LogP contribution in [-0.2, 0) is 44.5 Å². The molecule has 1 heterocycles. The molecule has 2 aromatic carbocycles. The third-order valence-corrected chi connectivity index (χ3v) is 6.45. The normalized spacial score (nSPS) is 22.7. The molecule has 3 rings (SSSR count). The summed E-state index contributed by atoms with van der Waals surface area (Å²) >= 11 is 6.52. The van der Waals surface area contributed by atoms with Gasteiger partial charge in [0.15, 0.2) is 6.10 Å². The van der Waals surface area contributed by atoms with Crippen molar-refractivity contribution < 1.29 is 42.9 Å². The van der Waals surface area contributed by atoms with Crippen molar-refractivity contribution in [3.8, 4) is 5.75 Å². The zero-order valence-electron chi connectivity index (χ0n) is 21.9. The van der Waals surface area contributed by atoms with E-state index in [2.05, 4.69) is 0 Å². The Kier molecular flexibility index (Phi) is 9.88. The minimum atomic E-state index is -0.947. The van der Waals surface area contributed by atoms with Crippen LogP contribution in [0.4, 0.5) is 0 Å². The molecule has 9 nitrogen and oxygen atoms in total. The fourth-order valence-electron chi connectivity index (χ4n) is 4.39. The average molecular weight is 547 g/mol. The predicted molar refractivity (Wildman–Crippen MR) is 137 cm³/mol. The lowest BCUT2D eigenvalue weighted by atomic mass is 9.85. The van der Waals surface area contributed by atoms with Gasteiger partial charge in [-0.15, -0.1) is 0 Å². The number of esters is 4. The molecule has 0 saturated carbocycles. The minimum Gasteiger partial charge on any atom is -0.463 e. The monoisotopic (exact) mass is 546 g/mol. The van der Waals surface area contributed by atoms with Gasteiger partial charge in [0, 0.05) is 38.6 Å². The Morgan fingerprint density at radius 1 is 0.842 bits per heavy atom. The summed E-state index contributed by atoms with van der Waals surface area (Å²) in [5, 5.41) is 0.513. The van der Waals surface area contributed by atoms with Gasteiger partial charge in [-0.25, -0.2) is 0 Å². The molecule has 0 aromatic heterocycles. The van der Waals surface area contributed by atoms with Gasteiger partial charge in [-0.1, -0.05) is 42.8 Å². The van der Waals surface area contributed by atoms with Crippen molar-refractivity contribution in [2.75, 3.05) is 6.61 Å². The Morgan fingerprint density at radius 3 is 2.05 bits per heavy atom. The summed E-state index contributed by atoms with van der Waals surface area (Å²) in [5.41, 5.74) is 2.33. The van der Waals surface area contributed by atoms with E-state index in [0.29, 0.717) is 22.8 Å². The number of ether oxygens (including phenoxy) is 5. The van der Waals surface area contributed by atoms with Crippen molar-refractivity contribution in [1.82, 2.24) is 0 Å². The summed E-state index contributed by atoms with van der Waals surface area (Å²) in [5.74, 6) is -1.99. The zero-order chi connectivity index (χ0) is 28.0. The van der Waals surface area contributed by atoms with E-state index in [1.807, 2.05) is 18.2 Å². The van der Waals surface area contributed by atoms with E-state index < -0.39 is 54.2 Å². The number of carbonyl (C=O) groups is 4. The number of halogens is 1. The van der Waals surface area contributed by atoms with Crippen LogP contribution in [0.3, 0.4) is 0 Å². The number of carbonyl (C=O) groups excluding carboxylic acids is 4. The standard InChI is InChI=1S/C28H31ClO9/c1-15-25(14-34-16(2)30)38-27(28(37-19(5)33)26(15)36-18(4)32)21-8-11-24(29)22(13-21)12-20-6-9-23(10-7-20)35-17(3)31/h6-11,13,15,25-28H,12,14H2,1-5H3/t15-,25?,26?,27?,28-/m1/s1. The molecule has 0 spiro atoms. The van der Waals surface area contributed by atoms with Crippen LogP contribution in [0.25, 0.3) is 0 Å². The molecule has 2 aromatic rings. The molecule has 204 valence electrons. The van der Waals surface area contributed by atoms with Crippen molar-refractivity contribution in [3.05, 3.63) is 64.2 Å². The van der Waals surface area contributed by atoms with Gasteiger partial charge in [-0.2, -0.15) is 0 Å². The van der Waals surface area contributed by atoms with Crippen molar-refractivity contribution in [1.29, 1.82) is 0 Å². The predicted octanol–water partition coefficient (Wildman–Crippen LogP) is 4.36. The maximum absolute atomic E-state index is 12.0. The second-order valence-corrected chi connectivity index (χ2v) is 9.58. The second kappa shape index (κ2) is 12.9. The number of rotatable bonds is 8. The molecular formula is C28H31ClO9. The molecule has 38 heavy (non-hydrogen) atoms. The lowest BCUT2D eigenvalue weighted by Gasteiger charge is -2.44. The van der Waals surface area contributed by atoms with E-state index >= 15 is 0 Å². The average Bonchev–Trinajstić information content (AvgIpc) is 2.82. The van der Waals surface area contributed by atoms with E-state index in [9.17, 15) is 19.2 Å². The fourth-order valence-corrected chi connectivity index (χ4v) is 4.57. The highest BCUT2D eigenvalue weighted by Crippen LogP contribution is 2.40. The second-order valence-electron chi connectivity index (χ2n) is 9.17. The van der Waals surface area contributed by atoms with E-state index in [-0.39, 0.29) is 6.61 Å². The number of benzene rings is 2. The minimum absolute atomic E-state index is 0.0628. The highest BCUT2D eigenvalue weighted by Gasteiger charge is 2.48. The summed E-state index contributed by atoms with van der Waals surface area (Å²) in [6.45, 7) is 6.88. The Bertz CT molecular complexity index is 1180. The molecule has 1 saturated heterocycles. The van der Waals surface area contributed by atoms with Crippen LogP contribution in [0.15, 0.2) is 42.5 Å². The summed E-state index contributed by atoms with van der Waals surface area (Å²) in [7, 11) is 0. The van der Waals surface area contributed by atoms with Gasteiger partial charge >= 0.3 is 23.9 Å². The SMILES string of the molecule is CC(=O)OCC1OC(c2ccc(Cl)c(Cc3ccc(OC(C)=O)cc3)c2)[C@H](OC(C)=O)C(OC(C)=O)[C@@H]1C. The highest BCUT2D eigenvalue weighted by atomic mass is 35.5. The lowest BCUT2D eigenvalue weighted by Crippen LogP contribution is -2.54. The molecule has 3 unspecified atom stereocenters. The smallest absolute Gasteiger partial charge is 0.308 e. The summed E-state index contributed by atoms with van der Waals surface area (Å²) in [6, 6.07) is 12.3. The molecule has 0 radical (unpaired) electrons. The third kappa shape index (κ3) is 7.79. The topological polar surface area (TPSA) is 114 Å². The zero-order valence-corrected chi connectivity index (χ0v) is 22.7. The van der Waals surface area contributed by atoms with Gasteiger partial charge in [0.25, 0.3) is 0 Å². The van der Waals surface area contributed by atoms with Gasteiger partial charge < -0.3 is 23.7 Å². The van der Waals surface area contributed by atoms with Crippen LogP contribution in [0, 0.1) is 5.92 Å². The maximum atomic E-state index is 12.0. The van der Waals surface area contributed by atoms with Crippen LogP contribution >= 0.6 is 11.6 Å². The van der Waals surface area contributed by atoms with Crippen LogP contribution in [0.5, 0.6) is 5.75 Å². The Hall–Kier alpha value is -3.43.